The highest BCUT2D eigenvalue weighted by Gasteiger charge is 2.35. The Hall–Kier alpha value is -2.14. The van der Waals surface area contributed by atoms with Gasteiger partial charge in [-0.2, -0.15) is 0 Å². The lowest BCUT2D eigenvalue weighted by atomic mass is 10.1. The molecule has 1 saturated heterocycles. The van der Waals surface area contributed by atoms with E-state index in [-0.39, 0.29) is 11.8 Å². The molecule has 1 aliphatic rings. The minimum absolute atomic E-state index is 0.0383. The third kappa shape index (κ3) is 3.47. The number of halogens is 1. The Morgan fingerprint density at radius 1 is 1.08 bits per heavy atom. The van der Waals surface area contributed by atoms with Gasteiger partial charge in [-0.05, 0) is 56.7 Å². The predicted molar refractivity (Wildman–Crippen MR) is 103 cm³/mol. The van der Waals surface area contributed by atoms with Crippen LogP contribution >= 0.6 is 15.9 Å². The zero-order valence-corrected chi connectivity index (χ0v) is 16.2. The SMILES string of the molecule is Cc1ccc(N2CCN(C(=O)c3ccc(Br)cc3)[C@H](C)C2=O)c(C)c1. The van der Waals surface area contributed by atoms with E-state index in [1.807, 2.05) is 38.1 Å². The van der Waals surface area contributed by atoms with Crippen molar-refractivity contribution in [3.8, 4) is 0 Å². The van der Waals surface area contributed by atoms with Crippen molar-refractivity contribution in [3.05, 3.63) is 63.6 Å². The quantitative estimate of drug-likeness (QED) is 0.765. The first-order valence-electron chi connectivity index (χ1n) is 8.33. The molecule has 0 radical (unpaired) electrons. The Bertz CT molecular complexity index is 817. The van der Waals surface area contributed by atoms with Crippen molar-refractivity contribution in [1.29, 1.82) is 0 Å². The fraction of sp³-hybridized carbons (Fsp3) is 0.300. The van der Waals surface area contributed by atoms with Crippen molar-refractivity contribution in [2.45, 2.75) is 26.8 Å². The molecule has 3 rings (SSSR count). The second kappa shape index (κ2) is 7.00. The van der Waals surface area contributed by atoms with E-state index in [4.69, 9.17) is 0 Å². The molecule has 0 N–H and O–H groups in total. The number of nitrogens with zero attached hydrogens (tertiary/aromatic N) is 2. The van der Waals surface area contributed by atoms with Crippen LogP contribution in [0.25, 0.3) is 0 Å². The molecule has 0 bridgehead atoms. The van der Waals surface area contributed by atoms with Crippen LogP contribution in [0.3, 0.4) is 0 Å². The van der Waals surface area contributed by atoms with E-state index in [0.717, 1.165) is 15.7 Å². The van der Waals surface area contributed by atoms with Crippen LogP contribution in [0.4, 0.5) is 5.69 Å². The molecular formula is C20H21BrN2O2. The average molecular weight is 401 g/mol. The maximum Gasteiger partial charge on any atom is 0.254 e. The smallest absolute Gasteiger partial charge is 0.254 e. The molecule has 2 amide bonds. The molecule has 0 aromatic heterocycles. The molecule has 1 heterocycles. The van der Waals surface area contributed by atoms with Crippen molar-refractivity contribution in [2.24, 2.45) is 0 Å². The summed E-state index contributed by atoms with van der Waals surface area (Å²) in [6.07, 6.45) is 0. The maximum absolute atomic E-state index is 12.9. The number of benzene rings is 2. The van der Waals surface area contributed by atoms with Gasteiger partial charge in [0.2, 0.25) is 5.91 Å². The van der Waals surface area contributed by atoms with Crippen molar-refractivity contribution in [3.63, 3.8) is 0 Å². The first-order chi connectivity index (χ1) is 11.9. The second-order valence-electron chi connectivity index (χ2n) is 6.46. The lowest BCUT2D eigenvalue weighted by Gasteiger charge is -2.39. The van der Waals surface area contributed by atoms with Gasteiger partial charge < -0.3 is 9.80 Å². The number of hydrogen-bond acceptors (Lipinski definition) is 2. The minimum Gasteiger partial charge on any atom is -0.325 e. The highest BCUT2D eigenvalue weighted by atomic mass is 79.9. The molecule has 2 aromatic rings. The molecule has 0 unspecified atom stereocenters. The van der Waals surface area contributed by atoms with Crippen molar-refractivity contribution in [2.75, 3.05) is 18.0 Å². The van der Waals surface area contributed by atoms with Crippen LogP contribution < -0.4 is 4.90 Å². The van der Waals surface area contributed by atoms with Crippen LogP contribution in [0, 0.1) is 13.8 Å². The third-order valence-corrected chi connectivity index (χ3v) is 5.18. The minimum atomic E-state index is -0.481. The Balaban J connectivity index is 1.81. The molecular weight excluding hydrogens is 380 g/mol. The van der Waals surface area contributed by atoms with Crippen LogP contribution in [0.5, 0.6) is 0 Å². The molecule has 0 aliphatic carbocycles. The molecule has 4 nitrogen and oxygen atoms in total. The average Bonchev–Trinajstić information content (AvgIpc) is 2.58. The summed E-state index contributed by atoms with van der Waals surface area (Å²) in [5.74, 6) is -0.141. The van der Waals surface area contributed by atoms with Gasteiger partial charge in [-0.1, -0.05) is 33.6 Å². The van der Waals surface area contributed by atoms with Crippen LogP contribution in [-0.2, 0) is 4.79 Å². The Labute approximate surface area is 156 Å². The zero-order valence-electron chi connectivity index (χ0n) is 14.6. The summed E-state index contributed by atoms with van der Waals surface area (Å²) < 4.78 is 0.924. The standard InChI is InChI=1S/C20H21BrN2O2/c1-13-4-9-18(14(2)12-13)23-11-10-22(15(3)19(23)24)20(25)16-5-7-17(21)8-6-16/h4-9,12,15H,10-11H2,1-3H3/t15-/m1/s1. The highest BCUT2D eigenvalue weighted by Crippen LogP contribution is 2.26. The largest absolute Gasteiger partial charge is 0.325 e. The maximum atomic E-state index is 12.9. The molecule has 25 heavy (non-hydrogen) atoms. The summed E-state index contributed by atoms with van der Waals surface area (Å²) in [5, 5.41) is 0. The number of carbonyl (C=O) groups is 2. The van der Waals surface area contributed by atoms with Crippen molar-refractivity contribution >= 4 is 33.4 Å². The molecule has 1 atom stereocenters. The number of piperazine rings is 1. The summed E-state index contributed by atoms with van der Waals surface area (Å²) in [6.45, 7) is 6.88. The fourth-order valence-electron chi connectivity index (χ4n) is 3.25. The predicted octanol–water partition coefficient (Wildman–Crippen LogP) is 3.94. The molecule has 2 aromatic carbocycles. The summed E-state index contributed by atoms with van der Waals surface area (Å²) >= 11 is 3.37. The van der Waals surface area contributed by atoms with Crippen LogP contribution in [-0.4, -0.2) is 35.8 Å². The van der Waals surface area contributed by atoms with Crippen molar-refractivity contribution in [1.82, 2.24) is 4.90 Å². The van der Waals surface area contributed by atoms with Crippen LogP contribution in [0.2, 0.25) is 0 Å². The van der Waals surface area contributed by atoms with Crippen molar-refractivity contribution < 1.29 is 9.59 Å². The van der Waals surface area contributed by atoms with Gasteiger partial charge in [0.15, 0.2) is 0 Å². The molecule has 130 valence electrons. The van der Waals surface area contributed by atoms with E-state index in [2.05, 4.69) is 22.0 Å². The van der Waals surface area contributed by atoms with E-state index >= 15 is 0 Å². The first-order valence-corrected chi connectivity index (χ1v) is 9.13. The Morgan fingerprint density at radius 3 is 2.40 bits per heavy atom. The van der Waals surface area contributed by atoms with Gasteiger partial charge in [-0.25, -0.2) is 0 Å². The lowest BCUT2D eigenvalue weighted by Crippen LogP contribution is -2.57. The number of anilines is 1. The van der Waals surface area contributed by atoms with E-state index in [0.29, 0.717) is 18.7 Å². The summed E-state index contributed by atoms with van der Waals surface area (Å²) in [7, 11) is 0. The van der Waals surface area contributed by atoms with Gasteiger partial charge >= 0.3 is 0 Å². The van der Waals surface area contributed by atoms with Crippen LogP contribution in [0.15, 0.2) is 46.9 Å². The number of aryl methyl sites for hydroxylation is 2. The summed E-state index contributed by atoms with van der Waals surface area (Å²) in [5.41, 5.74) is 3.78. The monoisotopic (exact) mass is 400 g/mol. The van der Waals surface area contributed by atoms with Gasteiger partial charge in [0.1, 0.15) is 6.04 Å². The first kappa shape index (κ1) is 17.7. The Morgan fingerprint density at radius 2 is 1.76 bits per heavy atom. The van der Waals surface area contributed by atoms with Gasteiger partial charge in [0, 0.05) is 28.8 Å². The lowest BCUT2D eigenvalue weighted by molar-refractivity contribution is -0.124. The van der Waals surface area contributed by atoms with Gasteiger partial charge in [-0.3, -0.25) is 9.59 Å². The number of hydrogen-bond donors (Lipinski definition) is 0. The number of rotatable bonds is 2. The topological polar surface area (TPSA) is 40.6 Å². The molecule has 1 fully saturated rings. The third-order valence-electron chi connectivity index (χ3n) is 4.65. The molecule has 0 saturated carbocycles. The van der Waals surface area contributed by atoms with E-state index in [1.54, 1.807) is 28.9 Å². The Kier molecular flexibility index (Phi) is 4.95. The van der Waals surface area contributed by atoms with Crippen LogP contribution in [0.1, 0.15) is 28.4 Å². The number of carbonyl (C=O) groups excluding carboxylic acids is 2. The summed E-state index contributed by atoms with van der Waals surface area (Å²) in [6, 6.07) is 12.8. The molecule has 1 aliphatic heterocycles. The second-order valence-corrected chi connectivity index (χ2v) is 7.38. The molecule has 0 spiro atoms. The fourth-order valence-corrected chi connectivity index (χ4v) is 3.52. The highest BCUT2D eigenvalue weighted by molar-refractivity contribution is 9.10. The number of amides is 2. The van der Waals surface area contributed by atoms with Gasteiger partial charge in [0.05, 0.1) is 0 Å². The zero-order chi connectivity index (χ0) is 18.1. The van der Waals surface area contributed by atoms with Gasteiger partial charge in [0.25, 0.3) is 5.91 Å². The van der Waals surface area contributed by atoms with E-state index in [1.165, 1.54) is 5.56 Å². The van der Waals surface area contributed by atoms with Gasteiger partial charge in [-0.15, -0.1) is 0 Å². The summed E-state index contributed by atoms with van der Waals surface area (Å²) in [4.78, 5) is 29.1. The van der Waals surface area contributed by atoms with E-state index < -0.39 is 6.04 Å². The molecule has 5 heteroatoms. The normalized spacial score (nSPS) is 17.8. The van der Waals surface area contributed by atoms with E-state index in [9.17, 15) is 9.59 Å².